The second-order valence-corrected chi connectivity index (χ2v) is 6.17. The minimum atomic E-state index is -0.285. The predicted molar refractivity (Wildman–Crippen MR) is 108 cm³/mol. The van der Waals surface area contributed by atoms with Crippen LogP contribution in [0.5, 0.6) is 11.5 Å². The summed E-state index contributed by atoms with van der Waals surface area (Å²) in [6, 6.07) is 19.9. The first-order valence-electron chi connectivity index (χ1n) is 8.25. The highest BCUT2D eigenvalue weighted by atomic mass is 35.5. The zero-order chi connectivity index (χ0) is 19.2. The van der Waals surface area contributed by atoms with E-state index in [1.165, 1.54) is 0 Å². The Bertz CT molecular complexity index is 1010. The van der Waals surface area contributed by atoms with Crippen molar-refractivity contribution < 1.29 is 14.3 Å². The van der Waals surface area contributed by atoms with E-state index in [9.17, 15) is 4.79 Å². The standard InChI is InChI=1S/C23H17ClO3/c1-26-19-12-17(13-20(15-19)27-2)22-14-18(24)9-10-21(22)23(25)11-8-16-6-4-3-5-7-16/h3-7,9-10,12-15H,1-2H3. The molecule has 0 bridgehead atoms. The Morgan fingerprint density at radius 2 is 1.56 bits per heavy atom. The van der Waals surface area contributed by atoms with Gasteiger partial charge in [0.25, 0.3) is 0 Å². The van der Waals surface area contributed by atoms with Crippen LogP contribution in [0.15, 0.2) is 66.7 Å². The van der Waals surface area contributed by atoms with Crippen LogP contribution < -0.4 is 9.47 Å². The first-order valence-corrected chi connectivity index (χ1v) is 8.63. The van der Waals surface area contributed by atoms with Crippen LogP contribution in [0, 0.1) is 11.8 Å². The third-order valence-corrected chi connectivity index (χ3v) is 4.22. The normalized spacial score (nSPS) is 9.89. The molecule has 3 aromatic carbocycles. The van der Waals surface area contributed by atoms with Gasteiger partial charge >= 0.3 is 0 Å². The highest BCUT2D eigenvalue weighted by Gasteiger charge is 2.14. The fourth-order valence-electron chi connectivity index (χ4n) is 2.63. The van der Waals surface area contributed by atoms with Crippen molar-refractivity contribution in [3.05, 3.63) is 82.9 Å². The van der Waals surface area contributed by atoms with Crippen LogP contribution >= 0.6 is 11.6 Å². The summed E-state index contributed by atoms with van der Waals surface area (Å²) in [4.78, 5) is 12.8. The molecule has 0 radical (unpaired) electrons. The number of methoxy groups -OCH3 is 2. The smallest absolute Gasteiger partial charge is 0.236 e. The van der Waals surface area contributed by atoms with Crippen molar-refractivity contribution in [2.24, 2.45) is 0 Å². The fraction of sp³-hybridized carbons (Fsp3) is 0.0870. The molecule has 0 fully saturated rings. The van der Waals surface area contributed by atoms with Crippen LogP contribution in [0.1, 0.15) is 15.9 Å². The molecule has 0 saturated heterocycles. The Morgan fingerprint density at radius 1 is 0.889 bits per heavy atom. The van der Waals surface area contributed by atoms with E-state index in [-0.39, 0.29) is 5.78 Å². The molecule has 4 heteroatoms. The first kappa shape index (κ1) is 18.6. The Balaban J connectivity index is 2.07. The van der Waals surface area contributed by atoms with Gasteiger partial charge in [-0.1, -0.05) is 35.7 Å². The second-order valence-electron chi connectivity index (χ2n) is 5.74. The van der Waals surface area contributed by atoms with Crippen molar-refractivity contribution in [2.45, 2.75) is 0 Å². The van der Waals surface area contributed by atoms with Gasteiger partial charge in [-0.15, -0.1) is 0 Å². The van der Waals surface area contributed by atoms with Gasteiger partial charge in [0, 0.05) is 22.2 Å². The van der Waals surface area contributed by atoms with Gasteiger partial charge in [0.1, 0.15) is 11.5 Å². The van der Waals surface area contributed by atoms with Gasteiger partial charge in [-0.05, 0) is 59.5 Å². The highest BCUT2D eigenvalue weighted by molar-refractivity contribution is 6.31. The summed E-state index contributed by atoms with van der Waals surface area (Å²) in [6.45, 7) is 0. The largest absolute Gasteiger partial charge is 0.497 e. The third kappa shape index (κ3) is 4.49. The number of carbonyl (C=O) groups excluding carboxylic acids is 1. The van der Waals surface area contributed by atoms with Crippen molar-refractivity contribution >= 4 is 17.4 Å². The maximum Gasteiger partial charge on any atom is 0.236 e. The van der Waals surface area contributed by atoms with E-state index in [1.54, 1.807) is 38.5 Å². The average Bonchev–Trinajstić information content (AvgIpc) is 2.72. The Hall–Kier alpha value is -3.22. The molecule has 134 valence electrons. The molecule has 3 aromatic rings. The van der Waals surface area contributed by atoms with E-state index in [0.29, 0.717) is 27.6 Å². The summed E-state index contributed by atoms with van der Waals surface area (Å²) in [5.41, 5.74) is 2.69. The van der Waals surface area contributed by atoms with Crippen LogP contribution in [-0.2, 0) is 0 Å². The van der Waals surface area contributed by atoms with Crippen LogP contribution in [-0.4, -0.2) is 20.0 Å². The topological polar surface area (TPSA) is 35.5 Å². The summed E-state index contributed by atoms with van der Waals surface area (Å²) in [5, 5.41) is 0.527. The zero-order valence-electron chi connectivity index (χ0n) is 15.0. The van der Waals surface area contributed by atoms with E-state index in [4.69, 9.17) is 21.1 Å². The Labute approximate surface area is 163 Å². The van der Waals surface area contributed by atoms with E-state index in [0.717, 1.165) is 11.1 Å². The molecule has 0 heterocycles. The quantitative estimate of drug-likeness (QED) is 0.460. The van der Waals surface area contributed by atoms with Gasteiger partial charge < -0.3 is 9.47 Å². The van der Waals surface area contributed by atoms with Crippen LogP contribution in [0.2, 0.25) is 5.02 Å². The van der Waals surface area contributed by atoms with E-state index in [2.05, 4.69) is 11.8 Å². The van der Waals surface area contributed by atoms with Crippen molar-refractivity contribution in [2.75, 3.05) is 14.2 Å². The summed E-state index contributed by atoms with van der Waals surface area (Å²) >= 11 is 6.18. The van der Waals surface area contributed by atoms with Crippen LogP contribution in [0.4, 0.5) is 0 Å². The monoisotopic (exact) mass is 376 g/mol. The molecule has 0 saturated carbocycles. The molecule has 0 amide bonds. The number of ether oxygens (including phenoxy) is 2. The number of hydrogen-bond donors (Lipinski definition) is 0. The van der Waals surface area contributed by atoms with Gasteiger partial charge in [-0.25, -0.2) is 0 Å². The number of benzene rings is 3. The average molecular weight is 377 g/mol. The van der Waals surface area contributed by atoms with Gasteiger partial charge in [0.15, 0.2) is 0 Å². The van der Waals surface area contributed by atoms with Crippen molar-refractivity contribution in [3.8, 4) is 34.5 Å². The van der Waals surface area contributed by atoms with Crippen molar-refractivity contribution in [1.29, 1.82) is 0 Å². The van der Waals surface area contributed by atoms with E-state index in [1.807, 2.05) is 42.5 Å². The minimum absolute atomic E-state index is 0.285. The van der Waals surface area contributed by atoms with Crippen molar-refractivity contribution in [1.82, 2.24) is 0 Å². The van der Waals surface area contributed by atoms with Crippen LogP contribution in [0.25, 0.3) is 11.1 Å². The number of Topliss-reactive ketones (excluding diaryl/α,β-unsaturated/α-hetero) is 1. The molecule has 0 aliphatic heterocycles. The first-order chi connectivity index (χ1) is 13.1. The molecule has 0 aliphatic carbocycles. The highest BCUT2D eigenvalue weighted by Crippen LogP contribution is 2.33. The third-order valence-electron chi connectivity index (χ3n) is 3.98. The number of ketones is 1. The zero-order valence-corrected chi connectivity index (χ0v) is 15.7. The lowest BCUT2D eigenvalue weighted by Crippen LogP contribution is -1.99. The minimum Gasteiger partial charge on any atom is -0.497 e. The maximum atomic E-state index is 12.8. The molecule has 0 aromatic heterocycles. The maximum absolute atomic E-state index is 12.8. The van der Waals surface area contributed by atoms with Gasteiger partial charge in [0.2, 0.25) is 5.78 Å². The lowest BCUT2D eigenvalue weighted by molar-refractivity contribution is 0.105. The lowest BCUT2D eigenvalue weighted by atomic mass is 9.96. The summed E-state index contributed by atoms with van der Waals surface area (Å²) < 4.78 is 10.7. The molecule has 3 nitrogen and oxygen atoms in total. The molecule has 0 N–H and O–H groups in total. The Morgan fingerprint density at radius 3 is 2.19 bits per heavy atom. The van der Waals surface area contributed by atoms with Crippen LogP contribution in [0.3, 0.4) is 0 Å². The number of rotatable bonds is 4. The summed E-state index contributed by atoms with van der Waals surface area (Å²) in [5.74, 6) is 6.57. The lowest BCUT2D eigenvalue weighted by Gasteiger charge is -2.11. The molecule has 0 spiro atoms. The number of carbonyl (C=O) groups is 1. The SMILES string of the molecule is COc1cc(OC)cc(-c2cc(Cl)ccc2C(=O)C#Cc2ccccc2)c1. The molecule has 3 rings (SSSR count). The Kier molecular flexibility index (Phi) is 5.80. The molecule has 0 atom stereocenters. The van der Waals surface area contributed by atoms with Gasteiger partial charge in [-0.2, -0.15) is 0 Å². The second kappa shape index (κ2) is 8.44. The fourth-order valence-corrected chi connectivity index (χ4v) is 2.81. The molecular weight excluding hydrogens is 360 g/mol. The van der Waals surface area contributed by atoms with Gasteiger partial charge in [-0.3, -0.25) is 4.79 Å². The summed E-state index contributed by atoms with van der Waals surface area (Å²) in [7, 11) is 3.15. The number of hydrogen-bond acceptors (Lipinski definition) is 3. The van der Waals surface area contributed by atoms with E-state index < -0.39 is 0 Å². The molecule has 0 aliphatic rings. The van der Waals surface area contributed by atoms with Crippen molar-refractivity contribution in [3.63, 3.8) is 0 Å². The molecule has 0 unspecified atom stereocenters. The predicted octanol–water partition coefficient (Wildman–Crippen LogP) is 5.26. The van der Waals surface area contributed by atoms with Gasteiger partial charge in [0.05, 0.1) is 14.2 Å². The summed E-state index contributed by atoms with van der Waals surface area (Å²) in [6.07, 6.45) is 0. The van der Waals surface area contributed by atoms with E-state index >= 15 is 0 Å². The molecular formula is C23H17ClO3. The number of halogens is 1. The molecule has 27 heavy (non-hydrogen) atoms.